The lowest BCUT2D eigenvalue weighted by Crippen LogP contribution is -1.89. The molecule has 0 amide bonds. The zero-order valence-electron chi connectivity index (χ0n) is 6.30. The lowest BCUT2D eigenvalue weighted by Gasteiger charge is -2.03. The van der Waals surface area contributed by atoms with E-state index in [0.717, 1.165) is 18.6 Å². The van der Waals surface area contributed by atoms with Crippen molar-refractivity contribution in [2.75, 3.05) is 0 Å². The van der Waals surface area contributed by atoms with E-state index >= 15 is 0 Å². The molecule has 0 radical (unpaired) electrons. The van der Waals surface area contributed by atoms with Gasteiger partial charge in [0.15, 0.2) is 0 Å². The van der Waals surface area contributed by atoms with Gasteiger partial charge in [0.1, 0.15) is 0 Å². The van der Waals surface area contributed by atoms with Gasteiger partial charge in [-0.3, -0.25) is 0 Å². The lowest BCUT2D eigenvalue weighted by atomic mass is 10.0. The van der Waals surface area contributed by atoms with Crippen molar-refractivity contribution in [3.05, 3.63) is 12.3 Å². The molecule has 0 fully saturated rings. The van der Waals surface area contributed by atoms with E-state index in [4.69, 9.17) is 5.11 Å². The van der Waals surface area contributed by atoms with E-state index in [0.29, 0.717) is 0 Å². The highest BCUT2D eigenvalue weighted by atomic mass is 16.2. The number of rotatable bonds is 4. The summed E-state index contributed by atoms with van der Waals surface area (Å²) in [7, 11) is 0. The van der Waals surface area contributed by atoms with Gasteiger partial charge in [-0.05, 0) is 18.8 Å². The third-order valence-electron chi connectivity index (χ3n) is 1.63. The summed E-state index contributed by atoms with van der Waals surface area (Å²) in [6.07, 6.45) is 6.35. The molecule has 0 saturated heterocycles. The molecule has 0 rings (SSSR count). The summed E-state index contributed by atoms with van der Waals surface area (Å²) >= 11 is 0. The second kappa shape index (κ2) is 5.67. The van der Waals surface area contributed by atoms with Crippen LogP contribution < -0.4 is 0 Å². The second-order valence-electron chi connectivity index (χ2n) is 2.48. The summed E-state index contributed by atoms with van der Waals surface area (Å²) < 4.78 is 0. The van der Waals surface area contributed by atoms with Gasteiger partial charge in [-0.1, -0.05) is 26.3 Å². The topological polar surface area (TPSA) is 20.2 Å². The molecule has 1 unspecified atom stereocenters. The van der Waals surface area contributed by atoms with Crippen LogP contribution in [0.15, 0.2) is 12.3 Å². The van der Waals surface area contributed by atoms with Crippen molar-refractivity contribution in [3.63, 3.8) is 0 Å². The summed E-state index contributed by atoms with van der Waals surface area (Å²) in [5, 5.41) is 8.27. The minimum absolute atomic E-state index is 0.793. The van der Waals surface area contributed by atoms with E-state index < -0.39 is 0 Å². The number of allylic oxidation sites excluding steroid dienone is 1. The molecule has 0 aromatic rings. The van der Waals surface area contributed by atoms with Crippen LogP contribution in [0.5, 0.6) is 0 Å². The molecule has 0 saturated carbocycles. The minimum Gasteiger partial charge on any atom is -0.516 e. The Morgan fingerprint density at radius 1 is 1.56 bits per heavy atom. The highest BCUT2D eigenvalue weighted by Crippen LogP contribution is 2.08. The molecule has 0 spiro atoms. The monoisotopic (exact) mass is 128 g/mol. The molecule has 1 N–H and O–H groups in total. The van der Waals surface area contributed by atoms with Gasteiger partial charge in [0, 0.05) is 0 Å². The highest BCUT2D eigenvalue weighted by Gasteiger charge is 1.94. The maximum Gasteiger partial charge on any atom is 0.0751 e. The molecule has 1 nitrogen and oxygen atoms in total. The van der Waals surface area contributed by atoms with Gasteiger partial charge in [-0.2, -0.15) is 0 Å². The molecule has 54 valence electrons. The van der Waals surface area contributed by atoms with Crippen LogP contribution in [-0.4, -0.2) is 5.11 Å². The molecule has 0 bridgehead atoms. The first-order valence-corrected chi connectivity index (χ1v) is 3.60. The van der Waals surface area contributed by atoms with Crippen molar-refractivity contribution in [2.45, 2.75) is 33.1 Å². The third kappa shape index (κ3) is 5.41. The molecule has 9 heavy (non-hydrogen) atoms. The van der Waals surface area contributed by atoms with Gasteiger partial charge in [-0.25, -0.2) is 0 Å². The lowest BCUT2D eigenvalue weighted by molar-refractivity contribution is 0.465. The molecule has 0 aliphatic heterocycles. The van der Waals surface area contributed by atoms with Gasteiger partial charge in [-0.15, -0.1) is 0 Å². The molecule has 0 aliphatic rings. The van der Waals surface area contributed by atoms with Crippen molar-refractivity contribution in [3.8, 4) is 0 Å². The Labute approximate surface area is 57.4 Å². The van der Waals surface area contributed by atoms with Crippen LogP contribution in [0.1, 0.15) is 33.1 Å². The van der Waals surface area contributed by atoms with Crippen LogP contribution in [0.25, 0.3) is 0 Å². The average molecular weight is 128 g/mol. The summed E-state index contributed by atoms with van der Waals surface area (Å²) in [5.41, 5.74) is 0. The molecule has 0 heterocycles. The van der Waals surface area contributed by atoms with E-state index in [9.17, 15) is 0 Å². The van der Waals surface area contributed by atoms with Crippen molar-refractivity contribution >= 4 is 0 Å². The molecule has 0 aromatic carbocycles. The van der Waals surface area contributed by atoms with Crippen molar-refractivity contribution < 1.29 is 5.11 Å². The van der Waals surface area contributed by atoms with Crippen LogP contribution >= 0.6 is 0 Å². The minimum atomic E-state index is 0.793. The van der Waals surface area contributed by atoms with Gasteiger partial charge in [0.25, 0.3) is 0 Å². The van der Waals surface area contributed by atoms with E-state index in [2.05, 4.69) is 13.8 Å². The van der Waals surface area contributed by atoms with Gasteiger partial charge in [0.2, 0.25) is 0 Å². The Hall–Kier alpha value is -0.460. The number of aliphatic hydroxyl groups excluding tert-OH is 1. The Morgan fingerprint density at radius 2 is 2.22 bits per heavy atom. The number of hydrogen-bond donors (Lipinski definition) is 1. The molecule has 1 heteroatoms. The van der Waals surface area contributed by atoms with Crippen molar-refractivity contribution in [1.29, 1.82) is 0 Å². The maximum absolute atomic E-state index is 8.27. The largest absolute Gasteiger partial charge is 0.516 e. The summed E-state index contributed by atoms with van der Waals surface area (Å²) in [6.45, 7) is 4.42. The average Bonchev–Trinajstić information content (AvgIpc) is 1.89. The molecular weight excluding hydrogens is 112 g/mol. The summed E-state index contributed by atoms with van der Waals surface area (Å²) in [6, 6.07) is 0. The Morgan fingerprint density at radius 3 is 2.67 bits per heavy atom. The van der Waals surface area contributed by atoms with Crippen LogP contribution in [0.3, 0.4) is 0 Å². The molecule has 0 aromatic heterocycles. The van der Waals surface area contributed by atoms with Crippen molar-refractivity contribution in [2.24, 2.45) is 5.92 Å². The van der Waals surface area contributed by atoms with Crippen LogP contribution in [-0.2, 0) is 0 Å². The van der Waals surface area contributed by atoms with Gasteiger partial charge >= 0.3 is 0 Å². The first kappa shape index (κ1) is 8.54. The first-order valence-electron chi connectivity index (χ1n) is 3.60. The molecular formula is C8H16O. The Kier molecular flexibility index (Phi) is 5.38. The van der Waals surface area contributed by atoms with Crippen LogP contribution in [0, 0.1) is 5.92 Å². The van der Waals surface area contributed by atoms with E-state index in [1.54, 1.807) is 6.08 Å². The zero-order chi connectivity index (χ0) is 7.11. The van der Waals surface area contributed by atoms with Crippen LogP contribution in [0.2, 0.25) is 0 Å². The molecule has 0 aliphatic carbocycles. The number of aliphatic hydroxyl groups is 1. The fourth-order valence-corrected chi connectivity index (χ4v) is 0.659. The second-order valence-corrected chi connectivity index (χ2v) is 2.48. The van der Waals surface area contributed by atoms with E-state index in [-0.39, 0.29) is 0 Å². The van der Waals surface area contributed by atoms with Crippen LogP contribution in [0.4, 0.5) is 0 Å². The Balaban J connectivity index is 3.06. The normalized spacial score (nSPS) is 14.4. The smallest absolute Gasteiger partial charge is 0.0751 e. The standard InChI is InChI=1S/C8H16O/c1-3-8(2)6-4-5-7-9/h5,7-9H,3-4,6H2,1-2H3. The first-order chi connectivity index (χ1) is 4.31. The van der Waals surface area contributed by atoms with E-state index in [1.807, 2.05) is 0 Å². The Bertz CT molecular complexity index is 76.6. The SMILES string of the molecule is CCC(C)CCC=CO. The third-order valence-corrected chi connectivity index (χ3v) is 1.63. The van der Waals surface area contributed by atoms with Gasteiger partial charge < -0.3 is 5.11 Å². The fraction of sp³-hybridized carbons (Fsp3) is 0.750. The number of hydrogen-bond acceptors (Lipinski definition) is 1. The predicted octanol–water partition coefficient (Wildman–Crippen LogP) is 2.88. The highest BCUT2D eigenvalue weighted by molar-refractivity contribution is 4.71. The van der Waals surface area contributed by atoms with E-state index in [1.165, 1.54) is 12.8 Å². The summed E-state index contributed by atoms with van der Waals surface area (Å²) in [4.78, 5) is 0. The fourth-order valence-electron chi connectivity index (χ4n) is 0.659. The maximum atomic E-state index is 8.27. The predicted molar refractivity (Wildman–Crippen MR) is 40.5 cm³/mol. The zero-order valence-corrected chi connectivity index (χ0v) is 6.30. The molecule has 1 atom stereocenters. The summed E-state index contributed by atoms with van der Waals surface area (Å²) in [5.74, 6) is 0.793. The van der Waals surface area contributed by atoms with Crippen molar-refractivity contribution in [1.82, 2.24) is 0 Å². The van der Waals surface area contributed by atoms with Gasteiger partial charge in [0.05, 0.1) is 6.26 Å². The quantitative estimate of drug-likeness (QED) is 0.577.